The Balaban J connectivity index is 0.000000259. The molecule has 2 aliphatic carbocycles. The van der Waals surface area contributed by atoms with Gasteiger partial charge >= 0.3 is 12.4 Å². The molecule has 5 nitrogen and oxygen atoms in total. The van der Waals surface area contributed by atoms with Gasteiger partial charge in [-0.3, -0.25) is 4.79 Å². The molecule has 0 saturated carbocycles. The number of nitrogens with zero attached hydrogens (tertiary/aromatic N) is 2. The number of ether oxygens (including phenoxy) is 1. The van der Waals surface area contributed by atoms with Crippen LogP contribution in [0.3, 0.4) is 0 Å². The number of alkyl halides is 6. The molecular formula is C32H46F7N3O2. The Morgan fingerprint density at radius 3 is 2.32 bits per heavy atom. The number of likely N-dealkylation sites (tertiary alicyclic amines) is 1. The number of piperidine rings is 1. The Kier molecular flexibility index (Phi) is 13.1. The lowest BCUT2D eigenvalue weighted by Crippen LogP contribution is -2.49. The van der Waals surface area contributed by atoms with Crippen molar-refractivity contribution in [3.05, 3.63) is 47.4 Å². The van der Waals surface area contributed by atoms with Gasteiger partial charge in [-0.2, -0.15) is 26.3 Å². The number of hydrogen-bond acceptors (Lipinski definition) is 4. The maximum atomic E-state index is 13.5. The third kappa shape index (κ3) is 10.4. The summed E-state index contributed by atoms with van der Waals surface area (Å²) < 4.78 is 94.3. The SMILES string of the molecule is CC1C=C(F)C=CC1C1C[C@@H](CN(C)CC2CCOCC2)CCN1C=O.CN[C@H](C)C1=CC(C(F)(F)F)=CC(C(F)(F)F)C1. The van der Waals surface area contributed by atoms with Crippen LogP contribution < -0.4 is 5.32 Å². The molecule has 4 aliphatic rings. The van der Waals surface area contributed by atoms with Gasteiger partial charge in [0.15, 0.2) is 0 Å². The maximum Gasteiger partial charge on any atom is 0.416 e. The zero-order chi connectivity index (χ0) is 32.7. The van der Waals surface area contributed by atoms with Gasteiger partial charge in [-0.15, -0.1) is 0 Å². The van der Waals surface area contributed by atoms with E-state index in [-0.39, 0.29) is 35.4 Å². The van der Waals surface area contributed by atoms with Gasteiger partial charge in [0.05, 0.1) is 11.5 Å². The van der Waals surface area contributed by atoms with E-state index in [2.05, 4.69) is 24.2 Å². The van der Waals surface area contributed by atoms with Crippen LogP contribution in [0, 0.1) is 29.6 Å². The highest BCUT2D eigenvalue weighted by atomic mass is 19.4. The lowest BCUT2D eigenvalue weighted by Gasteiger charge is -2.43. The Morgan fingerprint density at radius 1 is 1.09 bits per heavy atom. The van der Waals surface area contributed by atoms with Crippen molar-refractivity contribution in [3.63, 3.8) is 0 Å². The predicted octanol–water partition coefficient (Wildman–Crippen LogP) is 6.85. The Morgan fingerprint density at radius 2 is 1.75 bits per heavy atom. The molecule has 2 fully saturated rings. The van der Waals surface area contributed by atoms with E-state index in [1.807, 2.05) is 11.0 Å². The Bertz CT molecular complexity index is 1060. The van der Waals surface area contributed by atoms with Crippen molar-refractivity contribution < 1.29 is 40.3 Å². The fourth-order valence-corrected chi connectivity index (χ4v) is 6.64. The van der Waals surface area contributed by atoms with Crippen LogP contribution in [0.5, 0.6) is 0 Å². The lowest BCUT2D eigenvalue weighted by molar-refractivity contribution is -0.162. The van der Waals surface area contributed by atoms with Crippen LogP contribution in [-0.4, -0.2) is 87.6 Å². The molecule has 12 heteroatoms. The topological polar surface area (TPSA) is 44.8 Å². The van der Waals surface area contributed by atoms with Crippen molar-refractivity contribution in [2.24, 2.45) is 29.6 Å². The molecule has 0 aromatic heterocycles. The summed E-state index contributed by atoms with van der Waals surface area (Å²) in [5.74, 6) is -0.555. The van der Waals surface area contributed by atoms with Crippen molar-refractivity contribution in [2.45, 2.75) is 70.4 Å². The van der Waals surface area contributed by atoms with Gasteiger partial charge in [-0.1, -0.05) is 24.6 Å². The smallest absolute Gasteiger partial charge is 0.381 e. The fraction of sp³-hybridized carbons (Fsp3) is 0.719. The third-order valence-corrected chi connectivity index (χ3v) is 9.28. The quantitative estimate of drug-likeness (QED) is 0.234. The van der Waals surface area contributed by atoms with Gasteiger partial charge in [0.25, 0.3) is 0 Å². The van der Waals surface area contributed by atoms with Gasteiger partial charge in [0, 0.05) is 50.8 Å². The molecule has 4 unspecified atom stereocenters. The minimum absolute atomic E-state index is 0.106. The van der Waals surface area contributed by atoms with Crippen LogP contribution in [0.15, 0.2) is 47.4 Å². The number of amides is 1. The van der Waals surface area contributed by atoms with Crippen molar-refractivity contribution in [3.8, 4) is 0 Å². The van der Waals surface area contributed by atoms with Crippen molar-refractivity contribution in [2.75, 3.05) is 46.9 Å². The van der Waals surface area contributed by atoms with Crippen LogP contribution in [-0.2, 0) is 9.53 Å². The van der Waals surface area contributed by atoms with E-state index in [1.165, 1.54) is 26.8 Å². The summed E-state index contributed by atoms with van der Waals surface area (Å²) >= 11 is 0. The van der Waals surface area contributed by atoms with Crippen molar-refractivity contribution >= 4 is 6.41 Å². The summed E-state index contributed by atoms with van der Waals surface area (Å²) in [6, 6.07) is -0.348. The second-order valence-corrected chi connectivity index (χ2v) is 12.6. The largest absolute Gasteiger partial charge is 0.416 e. The van der Waals surface area contributed by atoms with Gasteiger partial charge in [-0.25, -0.2) is 4.39 Å². The van der Waals surface area contributed by atoms with Gasteiger partial charge in [0.1, 0.15) is 5.83 Å². The second kappa shape index (κ2) is 15.9. The van der Waals surface area contributed by atoms with E-state index >= 15 is 0 Å². The fourth-order valence-electron chi connectivity index (χ4n) is 6.64. The summed E-state index contributed by atoms with van der Waals surface area (Å²) in [6.07, 6.45) is 1.79. The molecule has 2 aliphatic heterocycles. The first kappa shape index (κ1) is 36.3. The highest BCUT2D eigenvalue weighted by molar-refractivity contribution is 5.48. The molecule has 0 radical (unpaired) electrons. The van der Waals surface area contributed by atoms with E-state index < -0.39 is 36.3 Å². The predicted molar refractivity (Wildman–Crippen MR) is 156 cm³/mol. The van der Waals surface area contributed by atoms with Crippen LogP contribution in [0.2, 0.25) is 0 Å². The van der Waals surface area contributed by atoms with E-state index in [0.717, 1.165) is 64.1 Å². The first-order valence-electron chi connectivity index (χ1n) is 15.4. The van der Waals surface area contributed by atoms with E-state index in [9.17, 15) is 35.5 Å². The summed E-state index contributed by atoms with van der Waals surface area (Å²) in [7, 11) is 3.71. The number of nitrogens with one attached hydrogen (secondary N) is 1. The zero-order valence-corrected chi connectivity index (χ0v) is 25.9. The van der Waals surface area contributed by atoms with Crippen molar-refractivity contribution in [1.29, 1.82) is 0 Å². The molecule has 2 saturated heterocycles. The number of allylic oxidation sites excluding steroid dienone is 6. The first-order chi connectivity index (χ1) is 20.6. The average molecular weight is 638 g/mol. The molecule has 0 spiro atoms. The number of halogens is 7. The van der Waals surface area contributed by atoms with Crippen molar-refractivity contribution in [1.82, 2.24) is 15.1 Å². The standard InChI is InChI=1S/C21H33FN2O2.C11H13F6N/c1-16-11-19(22)3-4-20(16)21-12-18(5-8-24(21)15-25)14-23(2)13-17-6-9-26-10-7-17;1-6(18-2)7-3-8(10(12,13)14)5-9(4-7)11(15,16)17/h3-4,11,15-18,20-21H,5-10,12-14H2,1-2H3;3,5-6,9,18H,4H2,1-2H3/t16?,18-,20?,21?;6-,9?/m01/s1. The average Bonchev–Trinajstić information content (AvgIpc) is 2.96. The molecule has 0 aromatic rings. The van der Waals surface area contributed by atoms with Crippen LogP contribution >= 0.6 is 0 Å². The third-order valence-electron chi connectivity index (χ3n) is 9.28. The molecular weight excluding hydrogens is 591 g/mol. The summed E-state index contributed by atoms with van der Waals surface area (Å²) in [5.41, 5.74) is -1.12. The molecule has 2 heterocycles. The van der Waals surface area contributed by atoms with Gasteiger partial charge in [-0.05, 0) is 89.1 Å². The minimum Gasteiger partial charge on any atom is -0.381 e. The molecule has 6 atom stereocenters. The maximum absolute atomic E-state index is 13.5. The number of carbonyl (C=O) groups is 1. The molecule has 0 aromatic carbocycles. The molecule has 1 N–H and O–H groups in total. The summed E-state index contributed by atoms with van der Waals surface area (Å²) in [6.45, 7) is 8.40. The number of likely N-dealkylation sites (N-methyl/N-ethyl adjacent to an activating group) is 1. The molecule has 0 bridgehead atoms. The highest BCUT2D eigenvalue weighted by Gasteiger charge is 2.44. The monoisotopic (exact) mass is 637 g/mol. The molecule has 1 amide bonds. The Hall–Kier alpha value is -2.18. The Labute approximate surface area is 256 Å². The zero-order valence-electron chi connectivity index (χ0n) is 25.9. The number of hydrogen-bond donors (Lipinski definition) is 1. The molecule has 44 heavy (non-hydrogen) atoms. The van der Waals surface area contributed by atoms with E-state index in [4.69, 9.17) is 4.74 Å². The van der Waals surface area contributed by atoms with Gasteiger partial charge in [0.2, 0.25) is 6.41 Å². The minimum atomic E-state index is -4.76. The summed E-state index contributed by atoms with van der Waals surface area (Å²) in [4.78, 5) is 16.0. The highest BCUT2D eigenvalue weighted by Crippen LogP contribution is 2.41. The number of carbonyl (C=O) groups excluding carboxylic acids is 1. The molecule has 250 valence electrons. The normalized spacial score (nSPS) is 29.3. The summed E-state index contributed by atoms with van der Waals surface area (Å²) in [5, 5.41) is 2.65. The lowest BCUT2D eigenvalue weighted by atomic mass is 9.77. The van der Waals surface area contributed by atoms with Crippen LogP contribution in [0.25, 0.3) is 0 Å². The number of rotatable bonds is 8. The van der Waals surface area contributed by atoms with E-state index in [1.54, 1.807) is 12.2 Å². The van der Waals surface area contributed by atoms with Crippen LogP contribution in [0.1, 0.15) is 46.0 Å². The van der Waals surface area contributed by atoms with Gasteiger partial charge < -0.3 is 19.9 Å². The molecule has 4 rings (SSSR count). The van der Waals surface area contributed by atoms with E-state index in [0.29, 0.717) is 5.92 Å². The second-order valence-electron chi connectivity index (χ2n) is 12.6. The first-order valence-corrected chi connectivity index (χ1v) is 15.4. The van der Waals surface area contributed by atoms with Crippen LogP contribution in [0.4, 0.5) is 30.7 Å².